The van der Waals surface area contributed by atoms with Crippen molar-refractivity contribution in [2.45, 2.75) is 26.7 Å². The lowest BCUT2D eigenvalue weighted by Gasteiger charge is -2.13. The SMILES string of the molecule is COc1ccc(/C=C(\C)C(=O)c2cc(CO)c(CO)c(CO)c2)cc1O. The number of aliphatic hydroxyl groups is 3. The predicted molar refractivity (Wildman–Crippen MR) is 96.9 cm³/mol. The van der Waals surface area contributed by atoms with Crippen molar-refractivity contribution in [3.8, 4) is 11.5 Å². The summed E-state index contributed by atoms with van der Waals surface area (Å²) >= 11 is 0. The van der Waals surface area contributed by atoms with Crippen LogP contribution in [0.5, 0.6) is 11.5 Å². The second kappa shape index (κ2) is 8.62. The van der Waals surface area contributed by atoms with Gasteiger partial charge in [0.05, 0.1) is 26.9 Å². The molecule has 0 aromatic heterocycles. The minimum absolute atomic E-state index is 0.0288. The molecular formula is C20H22O6. The Morgan fingerprint density at radius 1 is 1.04 bits per heavy atom. The molecule has 2 rings (SSSR count). The van der Waals surface area contributed by atoms with E-state index in [1.807, 2.05) is 0 Å². The van der Waals surface area contributed by atoms with Crippen LogP contribution >= 0.6 is 0 Å². The highest BCUT2D eigenvalue weighted by Crippen LogP contribution is 2.28. The standard InChI is InChI=1S/C20H22O6/c1-12(5-13-3-4-19(26-2)18(24)6-13)20(25)14-7-15(9-21)17(11-23)16(8-14)10-22/h3-8,21-24H,9-11H2,1-2H3/b12-5+. The molecule has 0 fully saturated rings. The average Bonchev–Trinajstić information content (AvgIpc) is 2.66. The van der Waals surface area contributed by atoms with Crippen LogP contribution in [0, 0.1) is 0 Å². The highest BCUT2D eigenvalue weighted by Gasteiger charge is 2.15. The number of allylic oxidation sites excluding steroid dienone is 1. The van der Waals surface area contributed by atoms with E-state index in [9.17, 15) is 25.2 Å². The molecular weight excluding hydrogens is 336 g/mol. The summed E-state index contributed by atoms with van der Waals surface area (Å²) < 4.78 is 4.99. The number of aromatic hydroxyl groups is 1. The third kappa shape index (κ3) is 4.11. The molecule has 4 N–H and O–H groups in total. The van der Waals surface area contributed by atoms with E-state index in [0.717, 1.165) is 0 Å². The van der Waals surface area contributed by atoms with Gasteiger partial charge in [0.15, 0.2) is 17.3 Å². The fourth-order valence-corrected chi connectivity index (χ4v) is 2.75. The number of ketones is 1. The smallest absolute Gasteiger partial charge is 0.188 e. The number of methoxy groups -OCH3 is 1. The second-order valence-electron chi connectivity index (χ2n) is 5.84. The molecule has 6 heteroatoms. The highest BCUT2D eigenvalue weighted by atomic mass is 16.5. The molecule has 26 heavy (non-hydrogen) atoms. The minimum atomic E-state index is -0.348. The molecule has 0 amide bonds. The molecule has 2 aromatic rings. The van der Waals surface area contributed by atoms with Crippen LogP contribution in [0.15, 0.2) is 35.9 Å². The molecule has 0 saturated carbocycles. The number of rotatable bonds is 7. The van der Waals surface area contributed by atoms with Crippen LogP contribution in [-0.4, -0.2) is 33.3 Å². The fourth-order valence-electron chi connectivity index (χ4n) is 2.75. The van der Waals surface area contributed by atoms with Crippen LogP contribution in [0.25, 0.3) is 6.08 Å². The first-order valence-electron chi connectivity index (χ1n) is 8.02. The van der Waals surface area contributed by atoms with Gasteiger partial charge in [-0.3, -0.25) is 4.79 Å². The van der Waals surface area contributed by atoms with Crippen LogP contribution in [0.4, 0.5) is 0 Å². The van der Waals surface area contributed by atoms with E-state index in [2.05, 4.69) is 0 Å². The molecule has 0 aliphatic heterocycles. The predicted octanol–water partition coefficient (Wildman–Crippen LogP) is 2.16. The monoisotopic (exact) mass is 358 g/mol. The van der Waals surface area contributed by atoms with Gasteiger partial charge in [0.2, 0.25) is 0 Å². The number of Topliss-reactive ketones (excluding diaryl/α,β-unsaturated/α-hetero) is 1. The van der Waals surface area contributed by atoms with Gasteiger partial charge in [-0.2, -0.15) is 0 Å². The summed E-state index contributed by atoms with van der Waals surface area (Å²) in [6.07, 6.45) is 1.62. The minimum Gasteiger partial charge on any atom is -0.504 e. The summed E-state index contributed by atoms with van der Waals surface area (Å²) in [6.45, 7) is 0.610. The summed E-state index contributed by atoms with van der Waals surface area (Å²) in [7, 11) is 1.45. The van der Waals surface area contributed by atoms with Crippen molar-refractivity contribution < 1.29 is 30.0 Å². The average molecular weight is 358 g/mol. The van der Waals surface area contributed by atoms with Crippen LogP contribution in [0.1, 0.15) is 39.5 Å². The largest absolute Gasteiger partial charge is 0.504 e. The van der Waals surface area contributed by atoms with Crippen LogP contribution in [-0.2, 0) is 19.8 Å². The number of carbonyl (C=O) groups excluding carboxylic acids is 1. The number of hydrogen-bond acceptors (Lipinski definition) is 6. The van der Waals surface area contributed by atoms with Crippen molar-refractivity contribution in [2.24, 2.45) is 0 Å². The van der Waals surface area contributed by atoms with Crippen molar-refractivity contribution in [1.29, 1.82) is 0 Å². The van der Waals surface area contributed by atoms with Gasteiger partial charge in [-0.05, 0) is 65.1 Å². The van der Waals surface area contributed by atoms with E-state index in [-0.39, 0.29) is 31.4 Å². The number of carbonyl (C=O) groups is 1. The Bertz CT molecular complexity index is 813. The molecule has 6 nitrogen and oxygen atoms in total. The lowest BCUT2D eigenvalue weighted by atomic mass is 9.94. The molecule has 0 aliphatic carbocycles. The van der Waals surface area contributed by atoms with Gasteiger partial charge in [-0.15, -0.1) is 0 Å². The number of hydrogen-bond donors (Lipinski definition) is 4. The first-order chi connectivity index (χ1) is 12.4. The first kappa shape index (κ1) is 19.7. The number of phenolic OH excluding ortho intramolecular Hbond substituents is 1. The molecule has 0 atom stereocenters. The summed E-state index contributed by atoms with van der Waals surface area (Å²) in [5.41, 5.74) is 2.58. The normalized spacial score (nSPS) is 11.5. The quantitative estimate of drug-likeness (QED) is 0.446. The van der Waals surface area contributed by atoms with Crippen molar-refractivity contribution in [1.82, 2.24) is 0 Å². The van der Waals surface area contributed by atoms with Crippen molar-refractivity contribution >= 4 is 11.9 Å². The van der Waals surface area contributed by atoms with Crippen LogP contribution in [0.3, 0.4) is 0 Å². The number of phenols is 1. The molecule has 0 aliphatic rings. The van der Waals surface area contributed by atoms with Gasteiger partial charge in [0.25, 0.3) is 0 Å². The Hall–Kier alpha value is -2.67. The number of ether oxygens (including phenoxy) is 1. The Morgan fingerprint density at radius 2 is 1.65 bits per heavy atom. The van der Waals surface area contributed by atoms with E-state index in [1.54, 1.807) is 25.1 Å². The van der Waals surface area contributed by atoms with Gasteiger partial charge in [0.1, 0.15) is 0 Å². The topological polar surface area (TPSA) is 107 Å². The van der Waals surface area contributed by atoms with E-state index in [4.69, 9.17) is 4.74 Å². The van der Waals surface area contributed by atoms with Crippen molar-refractivity contribution in [2.75, 3.05) is 7.11 Å². The summed E-state index contributed by atoms with van der Waals surface area (Å²) in [5, 5.41) is 38.2. The summed E-state index contributed by atoms with van der Waals surface area (Å²) in [6, 6.07) is 7.82. The lowest BCUT2D eigenvalue weighted by Crippen LogP contribution is -2.07. The number of aliphatic hydroxyl groups excluding tert-OH is 3. The van der Waals surface area contributed by atoms with Gasteiger partial charge >= 0.3 is 0 Å². The van der Waals surface area contributed by atoms with Crippen LogP contribution in [0.2, 0.25) is 0 Å². The number of benzene rings is 2. The Kier molecular flexibility index (Phi) is 6.52. The zero-order chi connectivity index (χ0) is 19.3. The van der Waals surface area contributed by atoms with E-state index >= 15 is 0 Å². The summed E-state index contributed by atoms with van der Waals surface area (Å²) in [4.78, 5) is 12.7. The van der Waals surface area contributed by atoms with Gasteiger partial charge < -0.3 is 25.2 Å². The first-order valence-corrected chi connectivity index (χ1v) is 8.02. The third-order valence-corrected chi connectivity index (χ3v) is 4.14. The Balaban J connectivity index is 2.40. The maximum Gasteiger partial charge on any atom is 0.188 e. The van der Waals surface area contributed by atoms with E-state index in [1.165, 1.54) is 25.3 Å². The molecule has 138 valence electrons. The molecule has 2 aromatic carbocycles. The summed E-state index contributed by atoms with van der Waals surface area (Å²) in [5.74, 6) is 0.0269. The molecule has 0 bridgehead atoms. The second-order valence-corrected chi connectivity index (χ2v) is 5.84. The fraction of sp³-hybridized carbons (Fsp3) is 0.250. The lowest BCUT2D eigenvalue weighted by molar-refractivity contribution is 0.103. The van der Waals surface area contributed by atoms with Crippen molar-refractivity contribution in [3.05, 3.63) is 63.7 Å². The molecule has 0 unspecified atom stereocenters. The van der Waals surface area contributed by atoms with Gasteiger partial charge in [0, 0.05) is 5.56 Å². The highest BCUT2D eigenvalue weighted by molar-refractivity contribution is 6.11. The molecule has 0 saturated heterocycles. The van der Waals surface area contributed by atoms with E-state index < -0.39 is 0 Å². The Labute approximate surface area is 151 Å². The maximum atomic E-state index is 12.7. The zero-order valence-electron chi connectivity index (χ0n) is 14.7. The van der Waals surface area contributed by atoms with E-state index in [0.29, 0.717) is 39.1 Å². The Morgan fingerprint density at radius 3 is 2.12 bits per heavy atom. The van der Waals surface area contributed by atoms with Crippen molar-refractivity contribution in [3.63, 3.8) is 0 Å². The van der Waals surface area contributed by atoms with Crippen LogP contribution < -0.4 is 4.74 Å². The molecule has 0 radical (unpaired) electrons. The zero-order valence-corrected chi connectivity index (χ0v) is 14.7. The maximum absolute atomic E-state index is 12.7. The van der Waals surface area contributed by atoms with Gasteiger partial charge in [-0.1, -0.05) is 6.07 Å². The van der Waals surface area contributed by atoms with Gasteiger partial charge in [-0.25, -0.2) is 0 Å². The third-order valence-electron chi connectivity index (χ3n) is 4.14. The molecule has 0 heterocycles. The molecule has 0 spiro atoms.